The number of benzene rings is 1. The highest BCUT2D eigenvalue weighted by Gasteiger charge is 2.20. The number of aromatic nitrogens is 2. The van der Waals surface area contributed by atoms with Gasteiger partial charge in [-0.25, -0.2) is 9.89 Å². The van der Waals surface area contributed by atoms with Crippen molar-refractivity contribution in [3.63, 3.8) is 0 Å². The van der Waals surface area contributed by atoms with Crippen molar-refractivity contribution in [1.29, 1.82) is 0 Å². The van der Waals surface area contributed by atoms with E-state index in [0.29, 0.717) is 22.4 Å². The van der Waals surface area contributed by atoms with Crippen LogP contribution in [0, 0.1) is 20.8 Å². The third-order valence-corrected chi connectivity index (χ3v) is 4.04. The monoisotopic (exact) mass is 371 g/mol. The number of ether oxygens (including phenoxy) is 1. The summed E-state index contributed by atoms with van der Waals surface area (Å²) in [6, 6.07) is 4.62. The number of aromatic amines is 1. The van der Waals surface area contributed by atoms with Gasteiger partial charge in [0.25, 0.3) is 11.5 Å². The van der Waals surface area contributed by atoms with Crippen molar-refractivity contribution in [2.24, 2.45) is 0 Å². The number of carbonyl (C=O) groups is 2. The first-order valence-electron chi connectivity index (χ1n) is 8.03. The van der Waals surface area contributed by atoms with Crippen molar-refractivity contribution < 1.29 is 23.8 Å². The van der Waals surface area contributed by atoms with Crippen molar-refractivity contribution >= 4 is 28.5 Å². The number of esters is 1. The molecule has 2 aromatic heterocycles. The maximum Gasteiger partial charge on any atom is 0.342 e. The number of para-hydroxylation sites is 1. The van der Waals surface area contributed by atoms with E-state index in [1.165, 1.54) is 6.07 Å². The maximum atomic E-state index is 12.1. The van der Waals surface area contributed by atoms with Crippen molar-refractivity contribution in [3.8, 4) is 5.75 Å². The van der Waals surface area contributed by atoms with Crippen molar-refractivity contribution in [1.82, 2.24) is 10.2 Å². The van der Waals surface area contributed by atoms with Crippen LogP contribution in [0.4, 0.5) is 5.88 Å². The number of anilines is 1. The second kappa shape index (κ2) is 6.94. The zero-order valence-corrected chi connectivity index (χ0v) is 14.9. The number of fused-ring (bicyclic) bond motifs is 1. The highest BCUT2D eigenvalue weighted by molar-refractivity contribution is 6.02. The van der Waals surface area contributed by atoms with Gasteiger partial charge in [0.1, 0.15) is 22.5 Å². The van der Waals surface area contributed by atoms with Gasteiger partial charge in [-0.2, -0.15) is 5.10 Å². The fourth-order valence-corrected chi connectivity index (χ4v) is 2.73. The summed E-state index contributed by atoms with van der Waals surface area (Å²) < 4.78 is 10.4. The third-order valence-electron chi connectivity index (χ3n) is 4.04. The van der Waals surface area contributed by atoms with Crippen LogP contribution in [0.5, 0.6) is 5.75 Å². The van der Waals surface area contributed by atoms with Crippen LogP contribution in [0.25, 0.3) is 10.8 Å². The molecule has 1 aromatic carbocycles. The van der Waals surface area contributed by atoms with Crippen LogP contribution in [-0.4, -0.2) is 33.8 Å². The lowest BCUT2D eigenvalue weighted by Crippen LogP contribution is -2.21. The minimum absolute atomic E-state index is 0.0414. The summed E-state index contributed by atoms with van der Waals surface area (Å²) in [7, 11) is 0. The Hall–Kier alpha value is -3.62. The van der Waals surface area contributed by atoms with Gasteiger partial charge in [-0.3, -0.25) is 14.9 Å². The molecule has 2 heterocycles. The Balaban J connectivity index is 1.75. The fraction of sp³-hybridized carbons (Fsp3) is 0.222. The normalized spacial score (nSPS) is 10.8. The van der Waals surface area contributed by atoms with Crippen LogP contribution < -0.4 is 10.9 Å². The SMILES string of the molecule is Cc1cccc(C(=O)OCC(=O)Nc2oc(C)c3c(C)n[nH]c(=O)c23)c1O. The number of furan rings is 1. The lowest BCUT2D eigenvalue weighted by atomic mass is 10.1. The zero-order chi connectivity index (χ0) is 19.7. The second-order valence-corrected chi connectivity index (χ2v) is 5.97. The first kappa shape index (κ1) is 18.2. The minimum Gasteiger partial charge on any atom is -0.507 e. The quantitative estimate of drug-likeness (QED) is 0.597. The summed E-state index contributed by atoms with van der Waals surface area (Å²) >= 11 is 0. The van der Waals surface area contributed by atoms with E-state index in [4.69, 9.17) is 9.15 Å². The zero-order valence-electron chi connectivity index (χ0n) is 14.9. The predicted octanol–water partition coefficient (Wildman–Crippen LogP) is 1.94. The van der Waals surface area contributed by atoms with Crippen LogP contribution in [0.1, 0.15) is 27.4 Å². The number of aryl methyl sites for hydroxylation is 3. The molecular weight excluding hydrogens is 354 g/mol. The summed E-state index contributed by atoms with van der Waals surface area (Å²) in [5, 5.41) is 19.2. The van der Waals surface area contributed by atoms with Gasteiger partial charge in [-0.05, 0) is 32.4 Å². The molecule has 27 heavy (non-hydrogen) atoms. The van der Waals surface area contributed by atoms with E-state index in [1.54, 1.807) is 32.9 Å². The Labute approximate surface area is 153 Å². The molecular formula is C18H17N3O6. The van der Waals surface area contributed by atoms with Crippen LogP contribution >= 0.6 is 0 Å². The Morgan fingerprint density at radius 3 is 2.74 bits per heavy atom. The smallest absolute Gasteiger partial charge is 0.342 e. The van der Waals surface area contributed by atoms with E-state index in [0.717, 1.165) is 0 Å². The average molecular weight is 371 g/mol. The number of phenols is 1. The van der Waals surface area contributed by atoms with Gasteiger partial charge in [0.2, 0.25) is 5.88 Å². The highest BCUT2D eigenvalue weighted by atomic mass is 16.5. The second-order valence-electron chi connectivity index (χ2n) is 5.97. The maximum absolute atomic E-state index is 12.1. The topological polar surface area (TPSA) is 135 Å². The van der Waals surface area contributed by atoms with Gasteiger partial charge in [0.05, 0.1) is 11.1 Å². The Morgan fingerprint density at radius 1 is 1.26 bits per heavy atom. The number of amides is 1. The minimum atomic E-state index is -0.843. The molecule has 0 aliphatic heterocycles. The van der Waals surface area contributed by atoms with Crippen LogP contribution in [0.2, 0.25) is 0 Å². The van der Waals surface area contributed by atoms with Gasteiger partial charge >= 0.3 is 5.97 Å². The molecule has 0 bridgehead atoms. The molecule has 140 valence electrons. The molecule has 0 spiro atoms. The van der Waals surface area contributed by atoms with E-state index in [1.807, 2.05) is 0 Å². The van der Waals surface area contributed by atoms with Gasteiger partial charge in [0, 0.05) is 0 Å². The molecule has 0 aliphatic carbocycles. The number of hydrogen-bond acceptors (Lipinski definition) is 7. The molecule has 3 N–H and O–H groups in total. The summed E-state index contributed by atoms with van der Waals surface area (Å²) in [6.07, 6.45) is 0. The lowest BCUT2D eigenvalue weighted by Gasteiger charge is -2.07. The standard InChI is InChI=1S/C18H17N3O6/c1-8-5-4-6-11(15(8)23)18(25)26-7-12(22)19-17-14-13(10(3)27-17)9(2)20-21-16(14)24/h4-6,23H,7H2,1-3H3,(H,19,22)(H,21,24). The average Bonchev–Trinajstić information content (AvgIpc) is 2.95. The number of carbonyl (C=O) groups excluding carboxylic acids is 2. The molecule has 0 atom stereocenters. The molecule has 1 amide bonds. The lowest BCUT2D eigenvalue weighted by molar-refractivity contribution is -0.119. The molecule has 9 heteroatoms. The van der Waals surface area contributed by atoms with Crippen LogP contribution in [0.15, 0.2) is 27.4 Å². The number of rotatable bonds is 4. The summed E-state index contributed by atoms with van der Waals surface area (Å²) in [6.45, 7) is 4.36. The van der Waals surface area contributed by atoms with Crippen molar-refractivity contribution in [2.45, 2.75) is 20.8 Å². The summed E-state index contributed by atoms with van der Waals surface area (Å²) in [4.78, 5) is 36.2. The highest BCUT2D eigenvalue weighted by Crippen LogP contribution is 2.28. The van der Waals surface area contributed by atoms with E-state index in [9.17, 15) is 19.5 Å². The Morgan fingerprint density at radius 2 is 2.00 bits per heavy atom. The number of hydrogen-bond donors (Lipinski definition) is 3. The number of nitrogens with zero attached hydrogens (tertiary/aromatic N) is 1. The molecule has 0 saturated carbocycles. The van der Waals surface area contributed by atoms with E-state index >= 15 is 0 Å². The van der Waals surface area contributed by atoms with Gasteiger partial charge in [-0.1, -0.05) is 12.1 Å². The molecule has 0 radical (unpaired) electrons. The van der Waals surface area contributed by atoms with Crippen molar-refractivity contribution in [2.75, 3.05) is 11.9 Å². The first-order valence-corrected chi connectivity index (χ1v) is 8.03. The van der Waals surface area contributed by atoms with E-state index < -0.39 is 24.0 Å². The number of phenolic OH excluding ortho intramolecular Hbond substituents is 1. The van der Waals surface area contributed by atoms with E-state index in [-0.39, 0.29) is 22.6 Å². The van der Waals surface area contributed by atoms with Crippen LogP contribution in [0.3, 0.4) is 0 Å². The largest absolute Gasteiger partial charge is 0.507 e. The molecule has 0 fully saturated rings. The molecule has 0 unspecified atom stereocenters. The number of H-pyrrole nitrogens is 1. The summed E-state index contributed by atoms with van der Waals surface area (Å²) in [5.41, 5.74) is 0.506. The fourth-order valence-electron chi connectivity index (χ4n) is 2.73. The molecule has 3 aromatic rings. The van der Waals surface area contributed by atoms with Gasteiger partial charge in [0.15, 0.2) is 6.61 Å². The molecule has 3 rings (SSSR count). The van der Waals surface area contributed by atoms with Crippen molar-refractivity contribution in [3.05, 3.63) is 51.1 Å². The number of nitrogens with one attached hydrogen (secondary N) is 2. The Kier molecular flexibility index (Phi) is 4.68. The van der Waals surface area contributed by atoms with E-state index in [2.05, 4.69) is 15.5 Å². The van der Waals surface area contributed by atoms with Gasteiger partial charge in [-0.15, -0.1) is 0 Å². The summed E-state index contributed by atoms with van der Waals surface area (Å²) in [5.74, 6) is -1.36. The Bertz CT molecular complexity index is 1110. The molecule has 9 nitrogen and oxygen atoms in total. The van der Waals surface area contributed by atoms with Crippen LogP contribution in [-0.2, 0) is 9.53 Å². The number of aromatic hydroxyl groups is 1. The molecule has 0 aliphatic rings. The third kappa shape index (κ3) is 3.39. The molecule has 0 saturated heterocycles. The van der Waals surface area contributed by atoms with Gasteiger partial charge < -0.3 is 14.3 Å². The first-order chi connectivity index (χ1) is 12.8. The predicted molar refractivity (Wildman–Crippen MR) is 95.9 cm³/mol.